The molecule has 1 unspecified atom stereocenters. The van der Waals surface area contributed by atoms with Crippen LogP contribution in [0.2, 0.25) is 10.0 Å². The molecule has 0 radical (unpaired) electrons. The third-order valence-corrected chi connectivity index (χ3v) is 5.00. The van der Waals surface area contributed by atoms with Gasteiger partial charge in [0, 0.05) is 19.5 Å². The van der Waals surface area contributed by atoms with Gasteiger partial charge in [-0.05, 0) is 39.7 Å². The summed E-state index contributed by atoms with van der Waals surface area (Å²) in [5.74, 6) is 5.05. The van der Waals surface area contributed by atoms with Gasteiger partial charge in [-0.25, -0.2) is 9.82 Å². The summed E-state index contributed by atoms with van der Waals surface area (Å²) in [4.78, 5) is 0. The molecule has 0 saturated heterocycles. The Balaban J connectivity index is 2.55. The second-order valence-electron chi connectivity index (χ2n) is 4.03. The van der Waals surface area contributed by atoms with Gasteiger partial charge in [0.25, 0.3) is 0 Å². The average molecular weight is 443 g/mol. The SMILES string of the molecule is NNC(c1ccc(Cl)cc1Br)c1ccc(Br)c(Cl)c1F. The van der Waals surface area contributed by atoms with Gasteiger partial charge in [0.1, 0.15) is 5.82 Å². The van der Waals surface area contributed by atoms with Crippen molar-refractivity contribution in [3.8, 4) is 0 Å². The lowest BCUT2D eigenvalue weighted by Crippen LogP contribution is -2.29. The molecule has 7 heteroatoms. The van der Waals surface area contributed by atoms with Crippen LogP contribution >= 0.6 is 55.1 Å². The maximum atomic E-state index is 14.3. The molecular formula is C13H9Br2Cl2FN2. The summed E-state index contributed by atoms with van der Waals surface area (Å²) in [6, 6.07) is 7.95. The molecule has 0 aromatic heterocycles. The summed E-state index contributed by atoms with van der Waals surface area (Å²) in [6.07, 6.45) is 0. The van der Waals surface area contributed by atoms with Crippen LogP contribution in [0.15, 0.2) is 39.3 Å². The summed E-state index contributed by atoms with van der Waals surface area (Å²) in [6.45, 7) is 0. The predicted octanol–water partition coefficient (Wildman–Crippen LogP) is 5.21. The zero-order chi connectivity index (χ0) is 14.9. The fourth-order valence-corrected chi connectivity index (χ4v) is 3.24. The molecule has 2 aromatic carbocycles. The molecule has 0 amide bonds. The molecule has 0 bridgehead atoms. The number of rotatable bonds is 3. The van der Waals surface area contributed by atoms with Crippen LogP contribution in [0.5, 0.6) is 0 Å². The van der Waals surface area contributed by atoms with E-state index in [2.05, 4.69) is 37.3 Å². The fraction of sp³-hybridized carbons (Fsp3) is 0.0769. The summed E-state index contributed by atoms with van der Waals surface area (Å²) >= 11 is 18.4. The second kappa shape index (κ2) is 6.73. The number of halogens is 5. The Bertz CT molecular complexity index is 653. The zero-order valence-corrected chi connectivity index (χ0v) is 14.6. The fourth-order valence-electron chi connectivity index (χ4n) is 1.85. The third-order valence-electron chi connectivity index (χ3n) is 2.82. The molecule has 0 aliphatic heterocycles. The molecule has 0 spiro atoms. The second-order valence-corrected chi connectivity index (χ2v) is 6.55. The first-order valence-electron chi connectivity index (χ1n) is 5.50. The van der Waals surface area contributed by atoms with E-state index in [4.69, 9.17) is 29.0 Å². The van der Waals surface area contributed by atoms with Gasteiger partial charge < -0.3 is 0 Å². The van der Waals surface area contributed by atoms with E-state index in [1.54, 1.807) is 30.3 Å². The Labute approximate surface area is 142 Å². The monoisotopic (exact) mass is 440 g/mol. The molecule has 2 nitrogen and oxygen atoms in total. The molecule has 0 saturated carbocycles. The van der Waals surface area contributed by atoms with Crippen molar-refractivity contribution in [2.45, 2.75) is 6.04 Å². The first-order valence-corrected chi connectivity index (χ1v) is 7.84. The third kappa shape index (κ3) is 3.18. The predicted molar refractivity (Wildman–Crippen MR) is 87.4 cm³/mol. The molecule has 0 fully saturated rings. The summed E-state index contributed by atoms with van der Waals surface area (Å²) in [5, 5.41) is 0.596. The van der Waals surface area contributed by atoms with Crippen molar-refractivity contribution in [1.82, 2.24) is 5.43 Å². The average Bonchev–Trinajstić information content (AvgIpc) is 2.41. The van der Waals surface area contributed by atoms with Crippen LogP contribution in [-0.2, 0) is 0 Å². The molecule has 0 aliphatic rings. The highest BCUT2D eigenvalue weighted by Gasteiger charge is 2.21. The van der Waals surface area contributed by atoms with Crippen LogP contribution in [0.25, 0.3) is 0 Å². The van der Waals surface area contributed by atoms with E-state index in [1.807, 2.05) is 0 Å². The van der Waals surface area contributed by atoms with Gasteiger partial charge in [-0.1, -0.05) is 51.3 Å². The Morgan fingerprint density at radius 2 is 1.70 bits per heavy atom. The highest BCUT2D eigenvalue weighted by molar-refractivity contribution is 9.10. The van der Waals surface area contributed by atoms with E-state index in [0.717, 1.165) is 10.0 Å². The van der Waals surface area contributed by atoms with E-state index < -0.39 is 11.9 Å². The van der Waals surface area contributed by atoms with Gasteiger partial charge in [0.2, 0.25) is 0 Å². The Kier molecular flexibility index (Phi) is 5.45. The van der Waals surface area contributed by atoms with Crippen LogP contribution < -0.4 is 11.3 Å². The largest absolute Gasteiger partial charge is 0.271 e. The number of hydrogen-bond donors (Lipinski definition) is 2. The van der Waals surface area contributed by atoms with E-state index in [0.29, 0.717) is 15.1 Å². The molecule has 2 rings (SSSR count). The van der Waals surface area contributed by atoms with Crippen LogP contribution in [0.3, 0.4) is 0 Å². The van der Waals surface area contributed by atoms with Gasteiger partial charge in [-0.15, -0.1) is 0 Å². The standard InChI is InChI=1S/C13H9Br2Cl2FN2/c14-9-4-3-8(12(18)11(9)17)13(20-19)7-2-1-6(16)5-10(7)15/h1-5,13,20H,19H2. The molecule has 106 valence electrons. The van der Waals surface area contributed by atoms with E-state index >= 15 is 0 Å². The quantitative estimate of drug-likeness (QED) is 0.389. The minimum atomic E-state index is -0.549. The van der Waals surface area contributed by atoms with Crippen LogP contribution in [-0.4, -0.2) is 0 Å². The van der Waals surface area contributed by atoms with Crippen molar-refractivity contribution in [2.24, 2.45) is 5.84 Å². The normalized spacial score (nSPS) is 12.5. The number of benzene rings is 2. The van der Waals surface area contributed by atoms with E-state index in [-0.39, 0.29) is 5.02 Å². The van der Waals surface area contributed by atoms with Gasteiger partial charge in [0.05, 0.1) is 11.1 Å². The Hall–Kier alpha value is -0.170. The van der Waals surface area contributed by atoms with Crippen molar-refractivity contribution < 1.29 is 4.39 Å². The number of hydrogen-bond acceptors (Lipinski definition) is 2. The van der Waals surface area contributed by atoms with Crippen LogP contribution in [0, 0.1) is 5.82 Å². The first-order chi connectivity index (χ1) is 9.45. The first kappa shape index (κ1) is 16.2. The molecule has 20 heavy (non-hydrogen) atoms. The smallest absolute Gasteiger partial charge is 0.148 e. The zero-order valence-electron chi connectivity index (χ0n) is 9.93. The number of nitrogens with two attached hydrogens (primary N) is 1. The van der Waals surface area contributed by atoms with Crippen molar-refractivity contribution in [3.63, 3.8) is 0 Å². The molecule has 0 heterocycles. The summed E-state index contributed by atoms with van der Waals surface area (Å²) in [5.41, 5.74) is 3.70. The lowest BCUT2D eigenvalue weighted by Gasteiger charge is -2.20. The lowest BCUT2D eigenvalue weighted by molar-refractivity contribution is 0.559. The highest BCUT2D eigenvalue weighted by atomic mass is 79.9. The number of hydrazine groups is 1. The Morgan fingerprint density at radius 3 is 2.30 bits per heavy atom. The van der Waals surface area contributed by atoms with Crippen molar-refractivity contribution in [2.75, 3.05) is 0 Å². The lowest BCUT2D eigenvalue weighted by atomic mass is 9.99. The topological polar surface area (TPSA) is 38.0 Å². The minimum absolute atomic E-state index is 0.0211. The molecule has 0 aliphatic carbocycles. The molecule has 2 aromatic rings. The summed E-state index contributed by atoms with van der Waals surface area (Å²) < 4.78 is 15.5. The van der Waals surface area contributed by atoms with Crippen LogP contribution in [0.4, 0.5) is 4.39 Å². The minimum Gasteiger partial charge on any atom is -0.271 e. The van der Waals surface area contributed by atoms with E-state index in [1.165, 1.54) is 0 Å². The molecular weight excluding hydrogens is 434 g/mol. The van der Waals surface area contributed by atoms with Crippen molar-refractivity contribution in [1.29, 1.82) is 0 Å². The van der Waals surface area contributed by atoms with Gasteiger partial charge in [0.15, 0.2) is 0 Å². The highest BCUT2D eigenvalue weighted by Crippen LogP contribution is 2.35. The Morgan fingerprint density at radius 1 is 1.05 bits per heavy atom. The molecule has 3 N–H and O–H groups in total. The van der Waals surface area contributed by atoms with Gasteiger partial charge >= 0.3 is 0 Å². The van der Waals surface area contributed by atoms with Crippen molar-refractivity contribution >= 4 is 55.1 Å². The van der Waals surface area contributed by atoms with Gasteiger partial charge in [-0.3, -0.25) is 5.84 Å². The van der Waals surface area contributed by atoms with Crippen LogP contribution in [0.1, 0.15) is 17.2 Å². The van der Waals surface area contributed by atoms with Gasteiger partial charge in [-0.2, -0.15) is 0 Å². The van der Waals surface area contributed by atoms with Crippen molar-refractivity contribution in [3.05, 3.63) is 66.3 Å². The number of nitrogens with one attached hydrogen (secondary N) is 1. The maximum absolute atomic E-state index is 14.3. The van der Waals surface area contributed by atoms with E-state index in [9.17, 15) is 4.39 Å². The maximum Gasteiger partial charge on any atom is 0.148 e. The molecule has 1 atom stereocenters. The summed E-state index contributed by atoms with van der Waals surface area (Å²) in [7, 11) is 0.